The van der Waals surface area contributed by atoms with E-state index >= 15 is 0 Å². The maximum atomic E-state index is 14.4. The lowest BCUT2D eigenvalue weighted by atomic mass is 10.00. The number of benzene rings is 1. The molecule has 45 heavy (non-hydrogen) atoms. The average molecular weight is 631 g/mol. The number of nitrogens with one attached hydrogen (secondary N) is 2. The Hall–Kier alpha value is -4.06. The number of amides is 2. The Labute approximate surface area is 267 Å². The number of carbonyl (C=O) groups is 2. The van der Waals surface area contributed by atoms with Crippen LogP contribution in [0.2, 0.25) is 0 Å². The number of aliphatic hydroxyl groups is 1. The fourth-order valence-electron chi connectivity index (χ4n) is 5.46. The fourth-order valence-corrected chi connectivity index (χ4v) is 6.40. The van der Waals surface area contributed by atoms with Crippen molar-refractivity contribution in [2.45, 2.75) is 70.4 Å². The molecule has 9 nitrogen and oxygen atoms in total. The van der Waals surface area contributed by atoms with Crippen molar-refractivity contribution in [3.63, 3.8) is 0 Å². The highest BCUT2D eigenvalue weighted by Crippen LogP contribution is 2.34. The second kappa shape index (κ2) is 14.4. The molecule has 3 atom stereocenters. The SMILES string of the molecule is Cc1csc(C2CCCN2C(=O)c2cncc(C(=O)NC(Cc3ccccc3)C(O)CNCc3cncc(C(C)(C)F)c3)c2)n1. The van der Waals surface area contributed by atoms with E-state index < -0.39 is 23.7 Å². The third-order valence-electron chi connectivity index (χ3n) is 7.93. The molecule has 3 unspecified atom stereocenters. The zero-order valence-electron chi connectivity index (χ0n) is 25.7. The maximum Gasteiger partial charge on any atom is 0.256 e. The Morgan fingerprint density at radius 1 is 1.09 bits per heavy atom. The summed E-state index contributed by atoms with van der Waals surface area (Å²) in [5.41, 5.74) is 2.19. The smallest absolute Gasteiger partial charge is 0.256 e. The lowest BCUT2D eigenvalue weighted by Gasteiger charge is -2.25. The van der Waals surface area contributed by atoms with E-state index in [4.69, 9.17) is 0 Å². The van der Waals surface area contributed by atoms with E-state index in [1.54, 1.807) is 29.7 Å². The molecule has 4 heterocycles. The second-order valence-electron chi connectivity index (χ2n) is 12.0. The topological polar surface area (TPSA) is 120 Å². The minimum absolute atomic E-state index is 0.0895. The van der Waals surface area contributed by atoms with Crippen LogP contribution >= 0.6 is 11.3 Å². The molecule has 1 fully saturated rings. The average Bonchev–Trinajstić information content (AvgIpc) is 3.70. The van der Waals surface area contributed by atoms with Crippen LogP contribution in [-0.2, 0) is 18.6 Å². The number of aromatic nitrogens is 3. The number of rotatable bonds is 12. The zero-order chi connectivity index (χ0) is 32.0. The Balaban J connectivity index is 1.26. The molecule has 1 aliphatic heterocycles. The van der Waals surface area contributed by atoms with Crippen LogP contribution in [0.15, 0.2) is 72.6 Å². The van der Waals surface area contributed by atoms with Gasteiger partial charge in [-0.3, -0.25) is 19.6 Å². The van der Waals surface area contributed by atoms with Gasteiger partial charge in [0.05, 0.1) is 29.3 Å². The number of thiazole rings is 1. The molecular formula is C34H39FN6O3S. The number of nitrogens with zero attached hydrogens (tertiary/aromatic N) is 4. The van der Waals surface area contributed by atoms with Gasteiger partial charge in [0.1, 0.15) is 10.7 Å². The molecular weight excluding hydrogens is 591 g/mol. The van der Waals surface area contributed by atoms with Gasteiger partial charge in [0.2, 0.25) is 0 Å². The number of aliphatic hydroxyl groups excluding tert-OH is 1. The summed E-state index contributed by atoms with van der Waals surface area (Å²) in [5, 5.41) is 20.3. The highest BCUT2D eigenvalue weighted by molar-refractivity contribution is 7.09. The van der Waals surface area contributed by atoms with Gasteiger partial charge in [0, 0.05) is 61.1 Å². The molecule has 1 aromatic carbocycles. The normalized spacial score (nSPS) is 16.4. The summed E-state index contributed by atoms with van der Waals surface area (Å²) in [6, 6.07) is 12.2. The van der Waals surface area contributed by atoms with E-state index in [0.29, 0.717) is 30.6 Å². The summed E-state index contributed by atoms with van der Waals surface area (Å²) in [5.74, 6) is -0.625. The Kier molecular flexibility index (Phi) is 10.3. The summed E-state index contributed by atoms with van der Waals surface area (Å²) in [6.07, 6.45) is 7.23. The van der Waals surface area contributed by atoms with Gasteiger partial charge in [0.15, 0.2) is 0 Å². The number of pyridine rings is 2. The molecule has 3 aromatic heterocycles. The van der Waals surface area contributed by atoms with Crippen LogP contribution in [-0.4, -0.2) is 62.0 Å². The summed E-state index contributed by atoms with van der Waals surface area (Å²) in [4.78, 5) is 41.8. The highest BCUT2D eigenvalue weighted by Gasteiger charge is 2.33. The van der Waals surface area contributed by atoms with Gasteiger partial charge < -0.3 is 20.6 Å². The molecule has 0 spiro atoms. The third-order valence-corrected chi connectivity index (χ3v) is 8.99. The van der Waals surface area contributed by atoms with Crippen molar-refractivity contribution in [1.29, 1.82) is 0 Å². The van der Waals surface area contributed by atoms with Crippen LogP contribution in [0.4, 0.5) is 4.39 Å². The van der Waals surface area contributed by atoms with Crippen molar-refractivity contribution in [2.24, 2.45) is 0 Å². The van der Waals surface area contributed by atoms with E-state index in [2.05, 4.69) is 25.6 Å². The van der Waals surface area contributed by atoms with Gasteiger partial charge in [-0.1, -0.05) is 30.3 Å². The highest BCUT2D eigenvalue weighted by atomic mass is 32.1. The number of carbonyl (C=O) groups excluding carboxylic acids is 2. The summed E-state index contributed by atoms with van der Waals surface area (Å²) in [7, 11) is 0. The fraction of sp³-hybridized carbons (Fsp3) is 0.382. The molecule has 11 heteroatoms. The minimum atomic E-state index is -1.51. The lowest BCUT2D eigenvalue weighted by molar-refractivity contribution is 0.0735. The molecule has 1 saturated heterocycles. The molecule has 0 bridgehead atoms. The van der Waals surface area contributed by atoms with Gasteiger partial charge in [-0.2, -0.15) is 0 Å². The molecule has 0 aliphatic carbocycles. The summed E-state index contributed by atoms with van der Waals surface area (Å²) >= 11 is 1.56. The zero-order valence-corrected chi connectivity index (χ0v) is 26.6. The first-order valence-corrected chi connectivity index (χ1v) is 16.0. The number of alkyl halides is 1. The van der Waals surface area contributed by atoms with E-state index in [0.717, 1.165) is 34.7 Å². The van der Waals surface area contributed by atoms with E-state index in [1.165, 1.54) is 32.4 Å². The maximum absolute atomic E-state index is 14.4. The number of hydrogen-bond acceptors (Lipinski definition) is 8. The van der Waals surface area contributed by atoms with Crippen molar-refractivity contribution in [2.75, 3.05) is 13.1 Å². The predicted molar refractivity (Wildman–Crippen MR) is 172 cm³/mol. The first kappa shape index (κ1) is 32.3. The van der Waals surface area contributed by atoms with Crippen molar-refractivity contribution in [3.05, 3.63) is 111 Å². The Morgan fingerprint density at radius 3 is 2.58 bits per heavy atom. The van der Waals surface area contributed by atoms with Crippen LogP contribution in [0.3, 0.4) is 0 Å². The predicted octanol–water partition coefficient (Wildman–Crippen LogP) is 4.92. The van der Waals surface area contributed by atoms with Crippen molar-refractivity contribution in [3.8, 4) is 0 Å². The molecule has 3 N–H and O–H groups in total. The monoisotopic (exact) mass is 630 g/mol. The van der Waals surface area contributed by atoms with Crippen molar-refractivity contribution in [1.82, 2.24) is 30.5 Å². The number of likely N-dealkylation sites (tertiary alicyclic amines) is 1. The Morgan fingerprint density at radius 2 is 1.84 bits per heavy atom. The van der Waals surface area contributed by atoms with Crippen LogP contribution in [0, 0.1) is 6.92 Å². The van der Waals surface area contributed by atoms with Crippen molar-refractivity contribution >= 4 is 23.2 Å². The quantitative estimate of drug-likeness (QED) is 0.203. The molecule has 0 saturated carbocycles. The first-order valence-electron chi connectivity index (χ1n) is 15.1. The molecule has 4 aromatic rings. The molecule has 2 amide bonds. The van der Waals surface area contributed by atoms with Crippen LogP contribution in [0.25, 0.3) is 0 Å². The van der Waals surface area contributed by atoms with Gasteiger partial charge >= 0.3 is 0 Å². The van der Waals surface area contributed by atoms with Gasteiger partial charge in [0.25, 0.3) is 11.8 Å². The minimum Gasteiger partial charge on any atom is -0.390 e. The number of halogens is 1. The largest absolute Gasteiger partial charge is 0.390 e. The Bertz CT molecular complexity index is 1610. The van der Waals surface area contributed by atoms with Gasteiger partial charge in [-0.25, -0.2) is 9.37 Å². The third kappa shape index (κ3) is 8.36. The first-order chi connectivity index (χ1) is 21.6. The van der Waals surface area contributed by atoms with Crippen LogP contribution in [0.5, 0.6) is 0 Å². The van der Waals surface area contributed by atoms with E-state index in [9.17, 15) is 19.1 Å². The number of hydrogen-bond donors (Lipinski definition) is 3. The van der Waals surface area contributed by atoms with Crippen LogP contribution < -0.4 is 10.6 Å². The van der Waals surface area contributed by atoms with E-state index in [-0.39, 0.29) is 24.1 Å². The molecule has 236 valence electrons. The van der Waals surface area contributed by atoms with Gasteiger partial charge in [-0.15, -0.1) is 11.3 Å². The van der Waals surface area contributed by atoms with Crippen molar-refractivity contribution < 1.29 is 19.1 Å². The number of aryl methyl sites for hydroxylation is 1. The molecule has 0 radical (unpaired) electrons. The van der Waals surface area contributed by atoms with Crippen LogP contribution in [0.1, 0.15) is 80.8 Å². The van der Waals surface area contributed by atoms with E-state index in [1.807, 2.05) is 47.5 Å². The molecule has 5 rings (SSSR count). The summed E-state index contributed by atoms with van der Waals surface area (Å²) < 4.78 is 14.4. The summed E-state index contributed by atoms with van der Waals surface area (Å²) in [6.45, 7) is 6.06. The standard InChI is InChI=1S/C34H39FN6O3S/c1-22-21-45-32(39-22)29-10-7-11-41(29)33(44)26-14-25(17-38-18-26)31(43)40-28(13-23-8-5-4-6-9-23)30(42)20-37-16-24-12-27(19-36-15-24)34(2,3)35/h4-6,8-9,12,14-15,17-19,21,28-30,37,42H,7,10-11,13,16,20H2,1-3H3,(H,40,43). The molecule has 1 aliphatic rings. The lowest BCUT2D eigenvalue weighted by Crippen LogP contribution is -2.48. The second-order valence-corrected chi connectivity index (χ2v) is 12.9. The van der Waals surface area contributed by atoms with Gasteiger partial charge in [-0.05, 0) is 63.3 Å².